The number of ketones is 2. The van der Waals surface area contributed by atoms with Gasteiger partial charge >= 0.3 is 24.4 Å². The third-order valence-electron chi connectivity index (χ3n) is 5.76. The van der Waals surface area contributed by atoms with E-state index in [1.54, 1.807) is 0 Å². The van der Waals surface area contributed by atoms with E-state index in [0.717, 1.165) is 32.1 Å². The second kappa shape index (κ2) is 21.8. The van der Waals surface area contributed by atoms with Gasteiger partial charge in [-0.2, -0.15) is 9.58 Å². The number of amides is 2. The molecule has 15 nitrogen and oxygen atoms in total. The van der Waals surface area contributed by atoms with E-state index >= 15 is 0 Å². The summed E-state index contributed by atoms with van der Waals surface area (Å²) in [7, 11) is 0. The highest BCUT2D eigenvalue weighted by molar-refractivity contribution is 6.25. The quantitative estimate of drug-likeness (QED) is 0.0437. The molecule has 0 saturated carbocycles. The van der Waals surface area contributed by atoms with E-state index in [0.29, 0.717) is 18.9 Å². The lowest BCUT2D eigenvalue weighted by Gasteiger charge is -2.21. The number of ether oxygens (including phenoxy) is 1. The molecule has 0 spiro atoms. The fourth-order valence-corrected chi connectivity index (χ4v) is 3.46. The van der Waals surface area contributed by atoms with Crippen LogP contribution in [-0.2, 0) is 33.5 Å². The van der Waals surface area contributed by atoms with Gasteiger partial charge in [0.15, 0.2) is 0 Å². The molecule has 0 aliphatic carbocycles. The molecule has 0 radical (unpaired) electrons. The summed E-state index contributed by atoms with van der Waals surface area (Å²) in [6, 6.07) is -3.96. The highest BCUT2D eigenvalue weighted by Crippen LogP contribution is 2.07. The first-order valence-electron chi connectivity index (χ1n) is 13.2. The Kier molecular flexibility index (Phi) is 19.6. The number of rotatable bonds is 23. The summed E-state index contributed by atoms with van der Waals surface area (Å²) in [5.74, 6) is -5.09. The van der Waals surface area contributed by atoms with E-state index in [2.05, 4.69) is 27.1 Å². The van der Waals surface area contributed by atoms with E-state index in [4.69, 9.17) is 21.5 Å². The lowest BCUT2D eigenvalue weighted by molar-refractivity contribution is -0.145. The molecule has 222 valence electrons. The number of nitrogens with zero attached hydrogens (tertiary/aromatic N) is 4. The van der Waals surface area contributed by atoms with Gasteiger partial charge < -0.3 is 37.3 Å². The number of nitrogens with one attached hydrogen (secondary N) is 2. The maximum atomic E-state index is 12.8. The van der Waals surface area contributed by atoms with Gasteiger partial charge in [-0.25, -0.2) is 4.79 Å². The molecule has 0 rings (SSSR count). The standard InChI is InChI=1S/C25H39N7O8/c1-2-3-4-5-6-7-14-40-25(39)19(26)10-13-22(35)31-20(11-8-17(33)15-29-27)23(36)32-21(24(37)38)12-9-18(34)16-30-28/h15-16,19-21H,2-14,26H2,1H3,(H,31,35)(H,32,36)(H,37,38)/t19-,20-,21-/m0/s1. The van der Waals surface area contributed by atoms with Crippen molar-refractivity contribution in [2.45, 2.75) is 102 Å². The molecule has 0 bridgehead atoms. The number of hydrogen-bond acceptors (Lipinski definition) is 8. The maximum absolute atomic E-state index is 12.8. The zero-order valence-corrected chi connectivity index (χ0v) is 22.8. The van der Waals surface area contributed by atoms with Crippen molar-refractivity contribution in [3.8, 4) is 0 Å². The van der Waals surface area contributed by atoms with Crippen molar-refractivity contribution in [1.29, 1.82) is 0 Å². The van der Waals surface area contributed by atoms with Crippen molar-refractivity contribution in [3.05, 3.63) is 11.1 Å². The summed E-state index contributed by atoms with van der Waals surface area (Å²) in [6.45, 7) is 2.34. The first-order valence-corrected chi connectivity index (χ1v) is 13.2. The summed E-state index contributed by atoms with van der Waals surface area (Å²) < 4.78 is 5.14. The highest BCUT2D eigenvalue weighted by Gasteiger charge is 2.28. The predicted octanol–water partition coefficient (Wildman–Crippen LogP) is 0.352. The molecule has 3 atom stereocenters. The van der Waals surface area contributed by atoms with Gasteiger partial charge in [0, 0.05) is 19.3 Å². The van der Waals surface area contributed by atoms with Crippen LogP contribution >= 0.6 is 0 Å². The zero-order chi connectivity index (χ0) is 30.3. The topological polar surface area (TPSA) is 255 Å². The molecule has 0 aliphatic rings. The Balaban J connectivity index is 4.99. The molecule has 0 heterocycles. The van der Waals surface area contributed by atoms with Crippen molar-refractivity contribution in [1.82, 2.24) is 10.6 Å². The Hall–Kier alpha value is -4.06. The minimum atomic E-state index is -1.52. The molecule has 2 amide bonds. The normalized spacial score (nSPS) is 12.4. The highest BCUT2D eigenvalue weighted by atomic mass is 16.5. The molecule has 0 aliphatic heterocycles. The van der Waals surface area contributed by atoms with Crippen molar-refractivity contribution in [2.24, 2.45) is 5.73 Å². The minimum Gasteiger partial charge on any atom is -0.480 e. The van der Waals surface area contributed by atoms with Gasteiger partial charge in [0.05, 0.1) is 6.61 Å². The Morgan fingerprint density at radius 1 is 0.825 bits per heavy atom. The van der Waals surface area contributed by atoms with E-state index < -0.39 is 53.4 Å². The van der Waals surface area contributed by atoms with Crippen LogP contribution in [0.15, 0.2) is 0 Å². The lowest BCUT2D eigenvalue weighted by Crippen LogP contribution is -2.52. The van der Waals surface area contributed by atoms with Gasteiger partial charge in [-0.05, 0) is 25.7 Å². The molecule has 0 unspecified atom stereocenters. The molecule has 15 heteroatoms. The van der Waals surface area contributed by atoms with Gasteiger partial charge in [-0.1, -0.05) is 39.0 Å². The average molecular weight is 566 g/mol. The average Bonchev–Trinajstić information content (AvgIpc) is 2.91. The summed E-state index contributed by atoms with van der Waals surface area (Å²) in [5.41, 5.74) is 22.7. The van der Waals surface area contributed by atoms with Crippen LogP contribution < -0.4 is 16.4 Å². The molecule has 0 aromatic heterocycles. The number of carbonyl (C=O) groups is 6. The van der Waals surface area contributed by atoms with Crippen LogP contribution in [0.3, 0.4) is 0 Å². The van der Waals surface area contributed by atoms with Gasteiger partial charge in [0.25, 0.3) is 0 Å². The second-order valence-electron chi connectivity index (χ2n) is 9.10. The van der Waals surface area contributed by atoms with E-state index in [1.807, 2.05) is 0 Å². The van der Waals surface area contributed by atoms with Gasteiger partial charge in [-0.15, -0.1) is 0 Å². The Morgan fingerprint density at radius 3 is 1.93 bits per heavy atom. The fourth-order valence-electron chi connectivity index (χ4n) is 3.46. The Morgan fingerprint density at radius 2 is 1.38 bits per heavy atom. The van der Waals surface area contributed by atoms with Crippen molar-refractivity contribution in [2.75, 3.05) is 6.61 Å². The molecule has 0 aromatic rings. The van der Waals surface area contributed by atoms with Crippen LogP contribution in [0.4, 0.5) is 0 Å². The number of unbranched alkanes of at least 4 members (excludes halogenated alkanes) is 5. The third kappa shape index (κ3) is 17.4. The minimum absolute atomic E-state index is 0.0854. The van der Waals surface area contributed by atoms with Crippen LogP contribution in [0, 0.1) is 0 Å². The number of hydrogen-bond donors (Lipinski definition) is 4. The van der Waals surface area contributed by atoms with Gasteiger partial charge in [0.1, 0.15) is 18.1 Å². The molecule has 0 fully saturated rings. The molecule has 40 heavy (non-hydrogen) atoms. The van der Waals surface area contributed by atoms with Crippen LogP contribution in [-0.4, -0.2) is 87.2 Å². The van der Waals surface area contributed by atoms with E-state index in [9.17, 15) is 33.9 Å². The largest absolute Gasteiger partial charge is 0.480 e. The van der Waals surface area contributed by atoms with Crippen molar-refractivity contribution < 1.29 is 48.2 Å². The van der Waals surface area contributed by atoms with Crippen LogP contribution in [0.5, 0.6) is 0 Å². The second-order valence-corrected chi connectivity index (χ2v) is 9.10. The third-order valence-corrected chi connectivity index (χ3v) is 5.76. The number of nitrogens with two attached hydrogens (primary N) is 1. The zero-order valence-electron chi connectivity index (χ0n) is 22.8. The molecule has 0 saturated heterocycles. The number of carbonyl (C=O) groups excluding carboxylic acids is 5. The predicted molar refractivity (Wildman–Crippen MR) is 141 cm³/mol. The number of esters is 1. The first kappa shape index (κ1) is 35.9. The number of carboxylic acids is 1. The Labute approximate surface area is 232 Å². The summed E-state index contributed by atoms with van der Waals surface area (Å²) in [4.78, 5) is 77.2. The Bertz CT molecular complexity index is 974. The van der Waals surface area contributed by atoms with Crippen LogP contribution in [0.1, 0.15) is 84.0 Å². The SMILES string of the molecule is CCCCCCCCOC(=O)[C@@H](N)CCC(=O)N[C@@H](CCC(=O)C=[N+]=[N-])C(=O)N[C@@H](CCC(=O)C=[N+]=[N-])C(=O)O. The monoisotopic (exact) mass is 565 g/mol. The van der Waals surface area contributed by atoms with Gasteiger partial charge in [-0.3, -0.25) is 24.0 Å². The first-order chi connectivity index (χ1) is 19.0. The van der Waals surface area contributed by atoms with Crippen molar-refractivity contribution in [3.63, 3.8) is 0 Å². The smallest absolute Gasteiger partial charge is 0.326 e. The maximum Gasteiger partial charge on any atom is 0.326 e. The summed E-state index contributed by atoms with van der Waals surface area (Å²) >= 11 is 0. The fraction of sp³-hybridized carbons (Fsp3) is 0.680. The summed E-state index contributed by atoms with van der Waals surface area (Å²) in [5, 5.41) is 14.0. The van der Waals surface area contributed by atoms with E-state index in [1.165, 1.54) is 0 Å². The molecule has 0 aromatic carbocycles. The number of Topliss-reactive ketones (excluding diaryl/α,β-unsaturated/α-hetero) is 2. The molecule has 5 N–H and O–H groups in total. The number of carboxylic acid groups (broad SMARTS) is 1. The number of aliphatic carboxylic acids is 1. The molecular weight excluding hydrogens is 526 g/mol. The summed E-state index contributed by atoms with van der Waals surface area (Å²) in [6.07, 6.45) is 5.68. The van der Waals surface area contributed by atoms with E-state index in [-0.39, 0.29) is 45.1 Å². The van der Waals surface area contributed by atoms with Crippen LogP contribution in [0.2, 0.25) is 0 Å². The lowest BCUT2D eigenvalue weighted by atomic mass is 10.0. The van der Waals surface area contributed by atoms with Crippen LogP contribution in [0.25, 0.3) is 11.1 Å². The molecular formula is C25H39N7O8. The van der Waals surface area contributed by atoms with Gasteiger partial charge in [0.2, 0.25) is 23.4 Å². The van der Waals surface area contributed by atoms with Crippen molar-refractivity contribution >= 4 is 47.7 Å².